The van der Waals surface area contributed by atoms with Gasteiger partial charge in [-0.1, -0.05) is 20.8 Å². The Morgan fingerprint density at radius 2 is 1.75 bits per heavy atom. The molecule has 1 amide bonds. The van der Waals surface area contributed by atoms with Gasteiger partial charge in [-0.05, 0) is 93.3 Å². The lowest BCUT2D eigenvalue weighted by Gasteiger charge is -2.47. The van der Waals surface area contributed by atoms with Crippen molar-refractivity contribution in [1.82, 2.24) is 20.9 Å². The molecule has 276 valence electrons. The summed E-state index contributed by atoms with van der Waals surface area (Å²) >= 11 is 0. The first kappa shape index (κ1) is 38.9. The van der Waals surface area contributed by atoms with Gasteiger partial charge in [-0.3, -0.25) is 9.59 Å². The highest BCUT2D eigenvalue weighted by atomic mass is 16.7. The van der Waals surface area contributed by atoms with Crippen LogP contribution in [0.25, 0.3) is 0 Å². The number of ether oxygens (including phenoxy) is 5. The molecule has 3 heterocycles. The quantitative estimate of drug-likeness (QED) is 0.219. The normalized spacial score (nSPS) is 44.2. The number of esters is 1. The first-order chi connectivity index (χ1) is 22.4. The molecule has 48 heavy (non-hydrogen) atoms. The summed E-state index contributed by atoms with van der Waals surface area (Å²) < 4.78 is 31.2. The van der Waals surface area contributed by atoms with Crippen molar-refractivity contribution in [2.24, 2.45) is 17.8 Å². The van der Waals surface area contributed by atoms with Gasteiger partial charge in [0.1, 0.15) is 18.1 Å². The van der Waals surface area contributed by atoms with Gasteiger partial charge in [-0.15, -0.1) is 0 Å². The van der Waals surface area contributed by atoms with Crippen LogP contribution in [-0.2, 0) is 33.3 Å². The Labute approximate surface area is 286 Å². The van der Waals surface area contributed by atoms with Crippen LogP contribution in [0.4, 0.5) is 4.79 Å². The Morgan fingerprint density at radius 3 is 2.33 bits per heavy atom. The number of fused-ring (bicyclic) bond motifs is 1. The van der Waals surface area contributed by atoms with Crippen LogP contribution in [0.1, 0.15) is 87.5 Å². The van der Waals surface area contributed by atoms with Crippen LogP contribution >= 0.6 is 0 Å². The number of carbonyl (C=O) groups excluding carboxylic acids is 3. The summed E-state index contributed by atoms with van der Waals surface area (Å²) in [7, 11) is 5.45. The lowest BCUT2D eigenvalue weighted by atomic mass is 9.78. The fourth-order valence-corrected chi connectivity index (χ4v) is 7.88. The summed E-state index contributed by atoms with van der Waals surface area (Å²) in [5.41, 5.74) is -2.06. The van der Waals surface area contributed by atoms with Gasteiger partial charge < -0.3 is 49.6 Å². The second-order valence-corrected chi connectivity index (χ2v) is 15.8. The molecule has 4 fully saturated rings. The van der Waals surface area contributed by atoms with E-state index in [1.54, 1.807) is 21.0 Å². The molecule has 1 saturated carbocycles. The SMILES string of the molecule is CC[C@H]1OC(=O)[C@H](C)C(=O)[C@H](C)[C@@H](O[C@@H]2OC(CNC3(C)CC3)CC(N(C)C)C2O)[C@](C)(OC)C[C@@H](C)CN[C@H](C)[C@H]2NC(=O)O[C@@]21C. The highest BCUT2D eigenvalue weighted by Crippen LogP contribution is 2.38. The number of aliphatic hydroxyl groups excluding tert-OH is 1. The average Bonchev–Trinajstić information content (AvgIpc) is 3.69. The summed E-state index contributed by atoms with van der Waals surface area (Å²) in [6.45, 7) is 16.2. The zero-order valence-corrected chi connectivity index (χ0v) is 31.0. The van der Waals surface area contributed by atoms with Crippen molar-refractivity contribution in [3.8, 4) is 0 Å². The van der Waals surface area contributed by atoms with Crippen molar-refractivity contribution in [3.05, 3.63) is 0 Å². The Morgan fingerprint density at radius 1 is 1.08 bits per heavy atom. The first-order valence-electron chi connectivity index (χ1n) is 17.8. The topological polar surface area (TPSA) is 157 Å². The Kier molecular flexibility index (Phi) is 12.3. The van der Waals surface area contributed by atoms with Gasteiger partial charge in [0.05, 0.1) is 23.9 Å². The number of amides is 1. The number of nitrogens with one attached hydrogen (secondary N) is 3. The van der Waals surface area contributed by atoms with E-state index in [2.05, 4.69) is 29.8 Å². The van der Waals surface area contributed by atoms with E-state index >= 15 is 0 Å². The number of carbonyl (C=O) groups is 3. The molecule has 3 aliphatic heterocycles. The van der Waals surface area contributed by atoms with Crippen molar-refractivity contribution in [2.75, 3.05) is 34.3 Å². The molecule has 0 spiro atoms. The molecular formula is C35H62N4O9. The molecule has 13 nitrogen and oxygen atoms in total. The van der Waals surface area contributed by atoms with Gasteiger partial charge in [-0.25, -0.2) is 4.79 Å². The van der Waals surface area contributed by atoms with E-state index in [-0.39, 0.29) is 35.4 Å². The zero-order chi connectivity index (χ0) is 35.8. The second-order valence-electron chi connectivity index (χ2n) is 15.8. The third kappa shape index (κ3) is 8.35. The second kappa shape index (κ2) is 15.2. The summed E-state index contributed by atoms with van der Waals surface area (Å²) in [4.78, 5) is 42.3. The number of methoxy groups -OCH3 is 1. The summed E-state index contributed by atoms with van der Waals surface area (Å²) in [6, 6.07) is -0.968. The smallest absolute Gasteiger partial charge is 0.408 e. The van der Waals surface area contributed by atoms with Crippen LogP contribution in [0.3, 0.4) is 0 Å². The van der Waals surface area contributed by atoms with Crippen molar-refractivity contribution in [1.29, 1.82) is 0 Å². The maximum atomic E-state index is 14.2. The molecule has 4 aliphatic rings. The summed E-state index contributed by atoms with van der Waals surface area (Å²) in [5.74, 6) is -3.04. The molecule has 13 atom stereocenters. The Bertz CT molecular complexity index is 1150. The number of hydrogen-bond donors (Lipinski definition) is 4. The zero-order valence-electron chi connectivity index (χ0n) is 31.0. The third-order valence-corrected chi connectivity index (χ3v) is 11.5. The molecule has 3 saturated heterocycles. The minimum atomic E-state index is -1.15. The molecule has 13 heteroatoms. The van der Waals surface area contributed by atoms with Gasteiger partial charge in [0.2, 0.25) is 0 Å². The Balaban J connectivity index is 1.67. The molecule has 0 aromatic rings. The number of aliphatic hydroxyl groups is 1. The van der Waals surface area contributed by atoms with E-state index in [0.29, 0.717) is 32.4 Å². The van der Waals surface area contributed by atoms with Gasteiger partial charge in [-0.2, -0.15) is 0 Å². The van der Waals surface area contributed by atoms with Crippen molar-refractivity contribution >= 4 is 17.8 Å². The van der Waals surface area contributed by atoms with Crippen LogP contribution in [-0.4, -0.2) is 128 Å². The van der Waals surface area contributed by atoms with Crippen molar-refractivity contribution < 1.29 is 43.2 Å². The molecule has 0 aromatic heterocycles. The van der Waals surface area contributed by atoms with Crippen LogP contribution in [0.15, 0.2) is 0 Å². The molecule has 0 radical (unpaired) electrons. The van der Waals surface area contributed by atoms with E-state index < -0.39 is 65.7 Å². The van der Waals surface area contributed by atoms with Crippen molar-refractivity contribution in [2.45, 2.75) is 153 Å². The minimum absolute atomic E-state index is 0.0282. The van der Waals surface area contributed by atoms with Crippen molar-refractivity contribution in [3.63, 3.8) is 0 Å². The predicted molar refractivity (Wildman–Crippen MR) is 179 cm³/mol. The number of rotatable bonds is 8. The van der Waals surface area contributed by atoms with Gasteiger partial charge in [0.15, 0.2) is 17.7 Å². The molecule has 0 bridgehead atoms. The minimum Gasteiger partial charge on any atom is -0.458 e. The lowest BCUT2D eigenvalue weighted by Crippen LogP contribution is -2.60. The lowest BCUT2D eigenvalue weighted by molar-refractivity contribution is -0.297. The number of Topliss-reactive ketones (excluding diaryl/α,β-unsaturated/α-hetero) is 1. The maximum absolute atomic E-state index is 14.2. The first-order valence-corrected chi connectivity index (χ1v) is 17.8. The van der Waals surface area contributed by atoms with Crippen LogP contribution in [0, 0.1) is 17.8 Å². The number of hydrogen-bond acceptors (Lipinski definition) is 12. The van der Waals surface area contributed by atoms with E-state index in [0.717, 1.165) is 12.8 Å². The maximum Gasteiger partial charge on any atom is 0.408 e. The van der Waals surface area contributed by atoms with E-state index in [1.807, 2.05) is 39.8 Å². The highest BCUT2D eigenvalue weighted by molar-refractivity contribution is 6.00. The molecule has 4 rings (SSSR count). The number of cyclic esters (lactones) is 1. The molecular weight excluding hydrogens is 620 g/mol. The predicted octanol–water partition coefficient (Wildman–Crippen LogP) is 2.37. The number of nitrogens with zero attached hydrogens (tertiary/aromatic N) is 1. The third-order valence-electron chi connectivity index (χ3n) is 11.5. The fraction of sp³-hybridized carbons (Fsp3) is 0.914. The number of alkyl carbamates (subject to hydrolysis) is 1. The highest BCUT2D eigenvalue weighted by Gasteiger charge is 2.55. The largest absolute Gasteiger partial charge is 0.458 e. The standard InChI is InChI=1S/C35H62N4O9/c1-12-25-35(8)28(38-32(43)48-35)22(5)36-17-19(2)16-34(7,44-11)29(20(3)26(40)21(4)30(42)46-25)47-31-27(41)24(39(9)10)15-23(45-31)18-37-33(6)13-14-33/h19-25,27-29,31,36-37,41H,12-18H2,1-11H3,(H,38,43)/t19-,20+,21-,22-,23?,24?,25-,27?,28-,29-,31+,34-,35-/m1/s1. The van der Waals surface area contributed by atoms with E-state index in [9.17, 15) is 19.5 Å². The van der Waals surface area contributed by atoms with E-state index in [4.69, 9.17) is 23.7 Å². The molecule has 3 unspecified atom stereocenters. The molecule has 1 aliphatic carbocycles. The van der Waals surface area contributed by atoms with Crippen LogP contribution < -0.4 is 16.0 Å². The fourth-order valence-electron chi connectivity index (χ4n) is 7.88. The molecule has 4 N–H and O–H groups in total. The van der Waals surface area contributed by atoms with Crippen LogP contribution in [0.2, 0.25) is 0 Å². The van der Waals surface area contributed by atoms with Crippen LogP contribution in [0.5, 0.6) is 0 Å². The molecule has 0 aromatic carbocycles. The van der Waals surface area contributed by atoms with Gasteiger partial charge >= 0.3 is 12.1 Å². The summed E-state index contributed by atoms with van der Waals surface area (Å²) in [5, 5.41) is 21.6. The number of likely N-dealkylation sites (N-methyl/N-ethyl adjacent to an activating group) is 1. The Hall–Kier alpha value is -1.87. The summed E-state index contributed by atoms with van der Waals surface area (Å²) in [6.07, 6.45) is -0.809. The average molecular weight is 683 g/mol. The van der Waals surface area contributed by atoms with Gasteiger partial charge in [0.25, 0.3) is 0 Å². The number of ketones is 1. The van der Waals surface area contributed by atoms with E-state index in [1.165, 1.54) is 6.92 Å². The monoisotopic (exact) mass is 682 g/mol. The van der Waals surface area contributed by atoms with Gasteiger partial charge in [0, 0.05) is 37.2 Å².